The summed E-state index contributed by atoms with van der Waals surface area (Å²) in [5, 5.41) is 45.1. The fourth-order valence-corrected chi connectivity index (χ4v) is 8.11. The summed E-state index contributed by atoms with van der Waals surface area (Å²) in [6, 6.07) is 0. The van der Waals surface area contributed by atoms with E-state index in [2.05, 4.69) is 39.8 Å². The molecule has 0 aliphatic heterocycles. The van der Waals surface area contributed by atoms with Crippen molar-refractivity contribution in [2.75, 3.05) is 0 Å². The Balaban J connectivity index is 1.67. The Labute approximate surface area is 188 Å². The van der Waals surface area contributed by atoms with Crippen LogP contribution in [-0.2, 0) is 0 Å². The van der Waals surface area contributed by atoms with Gasteiger partial charge < -0.3 is 20.4 Å². The van der Waals surface area contributed by atoms with E-state index in [4.69, 9.17) is 0 Å². The Morgan fingerprint density at radius 2 is 1.74 bits per heavy atom. The molecule has 4 aliphatic carbocycles. The van der Waals surface area contributed by atoms with E-state index in [1.807, 2.05) is 6.92 Å². The molecule has 4 rings (SSSR count). The molecule has 0 aromatic heterocycles. The molecule has 9 atom stereocenters. The van der Waals surface area contributed by atoms with Crippen LogP contribution in [0.5, 0.6) is 0 Å². The summed E-state index contributed by atoms with van der Waals surface area (Å²) in [4.78, 5) is 0. The number of rotatable bonds is 4. The van der Waals surface area contributed by atoms with Gasteiger partial charge in [0, 0.05) is 11.8 Å². The van der Waals surface area contributed by atoms with Crippen molar-refractivity contribution in [1.29, 1.82) is 0 Å². The second-order valence-electron chi connectivity index (χ2n) is 12.2. The Bertz CT molecular complexity index is 758. The summed E-state index contributed by atoms with van der Waals surface area (Å²) in [7, 11) is 0. The molecular weight excluding hydrogens is 388 g/mol. The first-order valence-corrected chi connectivity index (χ1v) is 12.6. The molecule has 0 unspecified atom stereocenters. The van der Waals surface area contributed by atoms with Gasteiger partial charge in [0.1, 0.15) is 11.7 Å². The van der Waals surface area contributed by atoms with E-state index < -0.39 is 28.8 Å². The smallest absolute Gasteiger partial charge is 0.105 e. The zero-order valence-electron chi connectivity index (χ0n) is 20.1. The third kappa shape index (κ3) is 3.23. The van der Waals surface area contributed by atoms with Crippen molar-refractivity contribution < 1.29 is 20.4 Å². The minimum atomic E-state index is -1.48. The van der Waals surface area contributed by atoms with Crippen LogP contribution in [0, 0.1) is 34.5 Å². The number of hydrogen-bond acceptors (Lipinski definition) is 4. The first-order valence-electron chi connectivity index (χ1n) is 12.6. The van der Waals surface area contributed by atoms with E-state index in [0.29, 0.717) is 37.0 Å². The third-order valence-electron chi connectivity index (χ3n) is 10.2. The van der Waals surface area contributed by atoms with E-state index in [1.165, 1.54) is 0 Å². The van der Waals surface area contributed by atoms with Gasteiger partial charge in [0.2, 0.25) is 0 Å². The predicted molar refractivity (Wildman–Crippen MR) is 123 cm³/mol. The maximum Gasteiger partial charge on any atom is 0.105 e. The lowest BCUT2D eigenvalue weighted by Crippen LogP contribution is -2.72. The molecule has 31 heavy (non-hydrogen) atoms. The highest BCUT2D eigenvalue weighted by atomic mass is 16.4. The topological polar surface area (TPSA) is 80.9 Å². The van der Waals surface area contributed by atoms with E-state index in [1.54, 1.807) is 6.08 Å². The van der Waals surface area contributed by atoms with Crippen LogP contribution in [0.1, 0.15) is 86.0 Å². The standard InChI is InChI=1S/C27H44O4/c1-17(2)7-6-8-18(3)20-9-10-21-22-15-23(29)27(31)16-19(28)11-12-25(27,5)26(22,30)14-13-24(20,21)4/h6,8,15,17-21,23,28-31H,7,9-14,16H2,1-5H3/b8-6-/t18-,19+,20-,21+,23-,24-,25-,26-,27+/m1/s1. The van der Waals surface area contributed by atoms with Gasteiger partial charge in [-0.3, -0.25) is 0 Å². The first kappa shape index (κ1) is 23.5. The molecule has 0 aromatic carbocycles. The summed E-state index contributed by atoms with van der Waals surface area (Å²) >= 11 is 0. The van der Waals surface area contributed by atoms with Gasteiger partial charge in [-0.1, -0.05) is 52.8 Å². The predicted octanol–water partition coefficient (Wildman–Crippen LogP) is 4.37. The minimum absolute atomic E-state index is 0.0966. The Kier molecular flexibility index (Phi) is 5.82. The average molecular weight is 433 g/mol. The van der Waals surface area contributed by atoms with Gasteiger partial charge in [-0.15, -0.1) is 0 Å². The molecule has 3 saturated carbocycles. The van der Waals surface area contributed by atoms with E-state index >= 15 is 0 Å². The molecule has 0 aromatic rings. The number of hydrogen-bond donors (Lipinski definition) is 4. The lowest BCUT2D eigenvalue weighted by molar-refractivity contribution is -0.258. The Morgan fingerprint density at radius 1 is 1.03 bits per heavy atom. The van der Waals surface area contributed by atoms with Crippen LogP contribution in [0.15, 0.2) is 23.8 Å². The number of allylic oxidation sites excluding steroid dienone is 2. The molecule has 4 aliphatic rings. The van der Waals surface area contributed by atoms with Crippen LogP contribution in [-0.4, -0.2) is 43.8 Å². The molecular formula is C27H44O4. The highest BCUT2D eigenvalue weighted by Crippen LogP contribution is 2.69. The van der Waals surface area contributed by atoms with E-state index in [9.17, 15) is 20.4 Å². The molecule has 176 valence electrons. The summed E-state index contributed by atoms with van der Waals surface area (Å²) in [5.74, 6) is 1.96. The van der Waals surface area contributed by atoms with Gasteiger partial charge in [0.05, 0.1) is 11.7 Å². The second-order valence-corrected chi connectivity index (χ2v) is 12.2. The van der Waals surface area contributed by atoms with Crippen LogP contribution >= 0.6 is 0 Å². The molecule has 0 spiro atoms. The van der Waals surface area contributed by atoms with Crippen LogP contribution in [0.25, 0.3) is 0 Å². The summed E-state index contributed by atoms with van der Waals surface area (Å²) in [6.07, 6.45) is 10.9. The summed E-state index contributed by atoms with van der Waals surface area (Å²) in [5.41, 5.74) is -2.37. The molecule has 0 saturated heterocycles. The highest BCUT2D eigenvalue weighted by molar-refractivity contribution is 5.40. The summed E-state index contributed by atoms with van der Waals surface area (Å²) in [6.45, 7) is 11.2. The SMILES string of the molecule is CC(C)C/C=C\[C@@H](C)[C@H]1CC[C@H]2C3=C[C@@H](O)[C@@]4(O)C[C@@H](O)CC[C@]4(C)[C@@]3(O)CC[C@]12C. The van der Waals surface area contributed by atoms with Crippen molar-refractivity contribution in [1.82, 2.24) is 0 Å². The van der Waals surface area contributed by atoms with E-state index in [0.717, 1.165) is 31.3 Å². The van der Waals surface area contributed by atoms with Crippen LogP contribution < -0.4 is 0 Å². The summed E-state index contributed by atoms with van der Waals surface area (Å²) < 4.78 is 0. The first-order chi connectivity index (χ1) is 14.4. The number of aliphatic hydroxyl groups excluding tert-OH is 2. The van der Waals surface area contributed by atoms with Crippen LogP contribution in [0.4, 0.5) is 0 Å². The lowest BCUT2D eigenvalue weighted by Gasteiger charge is -2.65. The van der Waals surface area contributed by atoms with Gasteiger partial charge in [0.15, 0.2) is 0 Å². The van der Waals surface area contributed by atoms with Crippen molar-refractivity contribution in [3.63, 3.8) is 0 Å². The average Bonchev–Trinajstić information content (AvgIpc) is 3.03. The minimum Gasteiger partial charge on any atom is -0.393 e. The monoisotopic (exact) mass is 432 g/mol. The molecule has 0 bridgehead atoms. The largest absolute Gasteiger partial charge is 0.393 e. The molecule has 0 heterocycles. The van der Waals surface area contributed by atoms with Crippen LogP contribution in [0.3, 0.4) is 0 Å². The van der Waals surface area contributed by atoms with Crippen LogP contribution in [0.2, 0.25) is 0 Å². The van der Waals surface area contributed by atoms with Crippen molar-refractivity contribution in [3.05, 3.63) is 23.8 Å². The zero-order chi connectivity index (χ0) is 22.8. The zero-order valence-corrected chi connectivity index (χ0v) is 20.1. The van der Waals surface area contributed by atoms with Crippen molar-refractivity contribution in [3.8, 4) is 0 Å². The Hall–Kier alpha value is -0.680. The molecule has 0 radical (unpaired) electrons. The van der Waals surface area contributed by atoms with Gasteiger partial charge >= 0.3 is 0 Å². The Morgan fingerprint density at radius 3 is 2.42 bits per heavy atom. The number of aliphatic hydroxyl groups is 4. The third-order valence-corrected chi connectivity index (χ3v) is 10.2. The normalized spacial score (nSPS) is 50.7. The molecule has 4 nitrogen and oxygen atoms in total. The maximum atomic E-state index is 12.2. The highest BCUT2D eigenvalue weighted by Gasteiger charge is 2.70. The van der Waals surface area contributed by atoms with Crippen molar-refractivity contribution in [2.45, 2.75) is 109 Å². The maximum absolute atomic E-state index is 12.2. The lowest BCUT2D eigenvalue weighted by atomic mass is 9.43. The molecule has 4 N–H and O–H groups in total. The van der Waals surface area contributed by atoms with Gasteiger partial charge in [0.25, 0.3) is 0 Å². The molecule has 0 amide bonds. The van der Waals surface area contributed by atoms with E-state index in [-0.39, 0.29) is 17.8 Å². The van der Waals surface area contributed by atoms with Crippen molar-refractivity contribution in [2.24, 2.45) is 34.5 Å². The van der Waals surface area contributed by atoms with Gasteiger partial charge in [-0.2, -0.15) is 0 Å². The van der Waals surface area contributed by atoms with Gasteiger partial charge in [-0.25, -0.2) is 0 Å². The quantitative estimate of drug-likeness (QED) is 0.498. The molecule has 3 fully saturated rings. The van der Waals surface area contributed by atoms with Crippen molar-refractivity contribution >= 4 is 0 Å². The fourth-order valence-electron chi connectivity index (χ4n) is 8.11. The fraction of sp³-hybridized carbons (Fsp3) is 0.852. The number of fused-ring (bicyclic) bond motifs is 5. The molecule has 4 heteroatoms. The van der Waals surface area contributed by atoms with Gasteiger partial charge in [-0.05, 0) is 79.6 Å². The second kappa shape index (κ2) is 7.68.